The van der Waals surface area contributed by atoms with E-state index in [2.05, 4.69) is 11.3 Å². The highest BCUT2D eigenvalue weighted by Gasteiger charge is 2.14. The molecule has 1 unspecified atom stereocenters. The minimum Gasteiger partial charge on any atom is -0.376 e. The van der Waals surface area contributed by atoms with Crippen molar-refractivity contribution in [1.29, 1.82) is 0 Å². The molecule has 4 nitrogen and oxygen atoms in total. The van der Waals surface area contributed by atoms with Gasteiger partial charge in [-0.05, 0) is 37.8 Å². The average Bonchev–Trinajstić information content (AvgIpc) is 2.68. The van der Waals surface area contributed by atoms with Crippen molar-refractivity contribution in [2.75, 3.05) is 13.2 Å². The Kier molecular flexibility index (Phi) is 3.75. The van der Waals surface area contributed by atoms with Crippen molar-refractivity contribution in [1.82, 2.24) is 9.78 Å². The zero-order valence-corrected chi connectivity index (χ0v) is 9.06. The maximum absolute atomic E-state index is 5.67. The molecule has 0 aliphatic carbocycles. The van der Waals surface area contributed by atoms with E-state index >= 15 is 0 Å². The Hall–Kier alpha value is -0.870. The minimum absolute atomic E-state index is 0.351. The van der Waals surface area contributed by atoms with Crippen molar-refractivity contribution in [3.63, 3.8) is 0 Å². The Morgan fingerprint density at radius 1 is 1.53 bits per heavy atom. The minimum atomic E-state index is 0.351. The summed E-state index contributed by atoms with van der Waals surface area (Å²) in [6.45, 7) is 2.47. The standard InChI is InChI=1S/C11H19N3O/c12-5-4-10-7-13-14(8-10)9-11-3-1-2-6-15-11/h7-8,11H,1-6,9,12H2. The number of nitrogens with two attached hydrogens (primary N) is 1. The van der Waals surface area contributed by atoms with E-state index in [0.29, 0.717) is 12.6 Å². The fraction of sp³-hybridized carbons (Fsp3) is 0.727. The molecule has 2 N–H and O–H groups in total. The molecule has 1 aliphatic heterocycles. The quantitative estimate of drug-likeness (QED) is 0.803. The zero-order valence-electron chi connectivity index (χ0n) is 9.06. The number of ether oxygens (including phenoxy) is 1. The van der Waals surface area contributed by atoms with Gasteiger partial charge in [-0.25, -0.2) is 0 Å². The molecule has 15 heavy (non-hydrogen) atoms. The van der Waals surface area contributed by atoms with Crippen LogP contribution in [0.2, 0.25) is 0 Å². The predicted octanol–water partition coefficient (Wildman–Crippen LogP) is 0.953. The molecule has 0 aromatic carbocycles. The van der Waals surface area contributed by atoms with Crippen LogP contribution in [0.4, 0.5) is 0 Å². The van der Waals surface area contributed by atoms with E-state index in [4.69, 9.17) is 10.5 Å². The molecule has 2 rings (SSSR count). The first-order valence-electron chi connectivity index (χ1n) is 5.71. The van der Waals surface area contributed by atoms with Crippen LogP contribution in [0.5, 0.6) is 0 Å². The summed E-state index contributed by atoms with van der Waals surface area (Å²) in [5, 5.41) is 4.31. The van der Waals surface area contributed by atoms with Gasteiger partial charge in [0.05, 0.1) is 18.8 Å². The van der Waals surface area contributed by atoms with E-state index in [9.17, 15) is 0 Å². The summed E-state index contributed by atoms with van der Waals surface area (Å²) >= 11 is 0. The van der Waals surface area contributed by atoms with Gasteiger partial charge in [0.15, 0.2) is 0 Å². The van der Waals surface area contributed by atoms with Crippen LogP contribution >= 0.6 is 0 Å². The number of aromatic nitrogens is 2. The Balaban J connectivity index is 1.86. The van der Waals surface area contributed by atoms with Crippen molar-refractivity contribution in [3.8, 4) is 0 Å². The number of hydrogen-bond acceptors (Lipinski definition) is 3. The monoisotopic (exact) mass is 209 g/mol. The molecule has 0 bridgehead atoms. The Morgan fingerprint density at radius 3 is 3.20 bits per heavy atom. The van der Waals surface area contributed by atoms with Crippen LogP contribution in [0.15, 0.2) is 12.4 Å². The zero-order chi connectivity index (χ0) is 10.5. The lowest BCUT2D eigenvalue weighted by Gasteiger charge is -2.22. The van der Waals surface area contributed by atoms with Gasteiger partial charge in [0.2, 0.25) is 0 Å². The van der Waals surface area contributed by atoms with Gasteiger partial charge in [-0.2, -0.15) is 5.10 Å². The molecular weight excluding hydrogens is 190 g/mol. The Labute approximate surface area is 90.4 Å². The van der Waals surface area contributed by atoms with Crippen molar-refractivity contribution >= 4 is 0 Å². The van der Waals surface area contributed by atoms with Gasteiger partial charge in [0.1, 0.15) is 0 Å². The van der Waals surface area contributed by atoms with Crippen LogP contribution in [0.1, 0.15) is 24.8 Å². The molecule has 4 heteroatoms. The summed E-state index contributed by atoms with van der Waals surface area (Å²) in [6, 6.07) is 0. The topological polar surface area (TPSA) is 53.1 Å². The summed E-state index contributed by atoms with van der Waals surface area (Å²) < 4.78 is 7.64. The molecule has 0 spiro atoms. The van der Waals surface area contributed by atoms with E-state index in [-0.39, 0.29) is 0 Å². The van der Waals surface area contributed by atoms with Crippen LogP contribution in [0.25, 0.3) is 0 Å². The van der Waals surface area contributed by atoms with E-state index in [1.807, 2.05) is 10.9 Å². The molecule has 1 atom stereocenters. The third-order valence-electron chi connectivity index (χ3n) is 2.78. The maximum Gasteiger partial charge on any atom is 0.0770 e. The van der Waals surface area contributed by atoms with E-state index in [1.165, 1.54) is 18.4 Å². The van der Waals surface area contributed by atoms with Gasteiger partial charge in [0, 0.05) is 12.8 Å². The molecule has 1 aromatic rings. The fourth-order valence-electron chi connectivity index (χ4n) is 1.96. The first kappa shape index (κ1) is 10.6. The predicted molar refractivity (Wildman–Crippen MR) is 58.6 cm³/mol. The normalized spacial score (nSPS) is 21.8. The van der Waals surface area contributed by atoms with Crippen molar-refractivity contribution in [2.24, 2.45) is 5.73 Å². The summed E-state index contributed by atoms with van der Waals surface area (Å²) in [5.74, 6) is 0. The largest absolute Gasteiger partial charge is 0.376 e. The number of hydrogen-bond donors (Lipinski definition) is 1. The summed E-state index contributed by atoms with van der Waals surface area (Å²) in [6.07, 6.45) is 8.87. The molecule has 0 saturated carbocycles. The highest BCUT2D eigenvalue weighted by atomic mass is 16.5. The molecule has 2 heterocycles. The van der Waals surface area contributed by atoms with Crippen LogP contribution < -0.4 is 5.73 Å². The van der Waals surface area contributed by atoms with Crippen LogP contribution in [0, 0.1) is 0 Å². The van der Waals surface area contributed by atoms with Crippen molar-refractivity contribution in [3.05, 3.63) is 18.0 Å². The molecule has 1 aliphatic rings. The summed E-state index contributed by atoms with van der Waals surface area (Å²) in [5.41, 5.74) is 6.71. The first-order chi connectivity index (χ1) is 7.38. The van der Waals surface area contributed by atoms with E-state index in [0.717, 1.165) is 26.0 Å². The van der Waals surface area contributed by atoms with Gasteiger partial charge in [-0.15, -0.1) is 0 Å². The van der Waals surface area contributed by atoms with Gasteiger partial charge in [-0.3, -0.25) is 4.68 Å². The summed E-state index contributed by atoms with van der Waals surface area (Å²) in [4.78, 5) is 0. The smallest absolute Gasteiger partial charge is 0.0770 e. The molecule has 1 saturated heterocycles. The van der Waals surface area contributed by atoms with Gasteiger partial charge >= 0.3 is 0 Å². The maximum atomic E-state index is 5.67. The SMILES string of the molecule is NCCc1cnn(CC2CCCCO2)c1. The van der Waals surface area contributed by atoms with Crippen LogP contribution in [0.3, 0.4) is 0 Å². The Bertz CT molecular complexity index is 292. The van der Waals surface area contributed by atoms with Crippen LogP contribution in [-0.4, -0.2) is 29.0 Å². The fourth-order valence-corrected chi connectivity index (χ4v) is 1.96. The van der Waals surface area contributed by atoms with Gasteiger partial charge < -0.3 is 10.5 Å². The highest BCUT2D eigenvalue weighted by Crippen LogP contribution is 2.14. The van der Waals surface area contributed by atoms with E-state index < -0.39 is 0 Å². The third-order valence-corrected chi connectivity index (χ3v) is 2.78. The van der Waals surface area contributed by atoms with Crippen molar-refractivity contribution < 1.29 is 4.74 Å². The van der Waals surface area contributed by atoms with E-state index in [1.54, 1.807) is 0 Å². The second-order valence-electron chi connectivity index (χ2n) is 4.10. The molecule has 0 radical (unpaired) electrons. The highest BCUT2D eigenvalue weighted by molar-refractivity contribution is 5.04. The molecule has 0 amide bonds. The first-order valence-corrected chi connectivity index (χ1v) is 5.71. The lowest BCUT2D eigenvalue weighted by Crippen LogP contribution is -2.24. The Morgan fingerprint density at radius 2 is 2.47 bits per heavy atom. The van der Waals surface area contributed by atoms with Crippen LogP contribution in [-0.2, 0) is 17.7 Å². The summed E-state index contributed by atoms with van der Waals surface area (Å²) in [7, 11) is 0. The third kappa shape index (κ3) is 3.04. The van der Waals surface area contributed by atoms with Crippen molar-refractivity contribution in [2.45, 2.75) is 38.3 Å². The second kappa shape index (κ2) is 5.28. The van der Waals surface area contributed by atoms with Gasteiger partial charge in [-0.1, -0.05) is 0 Å². The number of rotatable bonds is 4. The molecule has 1 aromatic heterocycles. The second-order valence-corrected chi connectivity index (χ2v) is 4.10. The molecular formula is C11H19N3O. The average molecular weight is 209 g/mol. The lowest BCUT2D eigenvalue weighted by atomic mass is 10.1. The molecule has 1 fully saturated rings. The lowest BCUT2D eigenvalue weighted by molar-refractivity contribution is 0.00398. The molecule has 84 valence electrons. The number of nitrogens with zero attached hydrogens (tertiary/aromatic N) is 2. The van der Waals surface area contributed by atoms with Gasteiger partial charge in [0.25, 0.3) is 0 Å².